The first-order valence-corrected chi connectivity index (χ1v) is 7.83. The largest absolute Gasteiger partial charge is 0.489 e. The number of ether oxygens (including phenoxy) is 1. The lowest BCUT2D eigenvalue weighted by atomic mass is 9.96. The van der Waals surface area contributed by atoms with Crippen molar-refractivity contribution in [3.8, 4) is 16.9 Å². The summed E-state index contributed by atoms with van der Waals surface area (Å²) in [6.45, 7) is 3.27. The molecule has 0 spiro atoms. The van der Waals surface area contributed by atoms with Crippen LogP contribution in [-0.2, 0) is 13.2 Å². The zero-order valence-corrected chi connectivity index (χ0v) is 13.3. The van der Waals surface area contributed by atoms with Crippen molar-refractivity contribution in [2.45, 2.75) is 20.1 Å². The van der Waals surface area contributed by atoms with Crippen LogP contribution in [0.1, 0.15) is 16.7 Å². The number of hydrogen-bond acceptors (Lipinski definition) is 2. The summed E-state index contributed by atoms with van der Waals surface area (Å²) in [5, 5.41) is 0. The molecule has 0 saturated carbocycles. The standard InChI is InChI=1S/C21H21NO/c1-16-19(14-22)8-5-9-21(16)18-10-12-20(13-11-18)23-15-17-6-3-2-4-7-17/h2-13H,14-15,22H2,1H3. The molecule has 2 heteroatoms. The second-order valence-corrected chi connectivity index (χ2v) is 5.59. The SMILES string of the molecule is Cc1c(CN)cccc1-c1ccc(OCc2ccccc2)cc1. The summed E-state index contributed by atoms with van der Waals surface area (Å²) in [7, 11) is 0. The maximum atomic E-state index is 5.84. The average Bonchev–Trinajstić information content (AvgIpc) is 2.62. The van der Waals surface area contributed by atoms with Gasteiger partial charge in [-0.15, -0.1) is 0 Å². The Kier molecular flexibility index (Phi) is 4.74. The van der Waals surface area contributed by atoms with E-state index in [0.29, 0.717) is 13.2 Å². The van der Waals surface area contributed by atoms with Crippen LogP contribution < -0.4 is 10.5 Å². The van der Waals surface area contributed by atoms with Crippen LogP contribution >= 0.6 is 0 Å². The summed E-state index contributed by atoms with van der Waals surface area (Å²) in [6.07, 6.45) is 0. The molecule has 0 radical (unpaired) electrons. The zero-order valence-electron chi connectivity index (χ0n) is 13.3. The zero-order chi connectivity index (χ0) is 16.1. The Bertz CT molecular complexity index is 764. The summed E-state index contributed by atoms with van der Waals surface area (Å²) in [5.41, 5.74) is 11.8. The van der Waals surface area contributed by atoms with Crippen molar-refractivity contribution in [1.82, 2.24) is 0 Å². The van der Waals surface area contributed by atoms with E-state index in [2.05, 4.69) is 49.4 Å². The fourth-order valence-corrected chi connectivity index (χ4v) is 2.69. The second kappa shape index (κ2) is 7.12. The highest BCUT2D eigenvalue weighted by Gasteiger charge is 2.05. The lowest BCUT2D eigenvalue weighted by Crippen LogP contribution is -2.00. The van der Waals surface area contributed by atoms with Crippen molar-refractivity contribution >= 4 is 0 Å². The first-order valence-electron chi connectivity index (χ1n) is 7.83. The maximum absolute atomic E-state index is 5.84. The maximum Gasteiger partial charge on any atom is 0.119 e. The third-order valence-corrected chi connectivity index (χ3v) is 4.08. The van der Waals surface area contributed by atoms with E-state index in [1.54, 1.807) is 0 Å². The van der Waals surface area contributed by atoms with Crippen LogP contribution in [0.25, 0.3) is 11.1 Å². The number of hydrogen-bond donors (Lipinski definition) is 1. The molecule has 0 fully saturated rings. The molecule has 0 bridgehead atoms. The highest BCUT2D eigenvalue weighted by Crippen LogP contribution is 2.27. The van der Waals surface area contributed by atoms with Gasteiger partial charge in [-0.1, -0.05) is 60.7 Å². The average molecular weight is 303 g/mol. The van der Waals surface area contributed by atoms with Crippen molar-refractivity contribution < 1.29 is 4.74 Å². The van der Waals surface area contributed by atoms with E-state index in [4.69, 9.17) is 10.5 Å². The summed E-state index contributed by atoms with van der Waals surface area (Å²) in [5.74, 6) is 0.880. The lowest BCUT2D eigenvalue weighted by molar-refractivity contribution is 0.306. The van der Waals surface area contributed by atoms with Gasteiger partial charge in [-0.05, 0) is 46.9 Å². The third-order valence-electron chi connectivity index (χ3n) is 4.08. The molecule has 116 valence electrons. The summed E-state index contributed by atoms with van der Waals surface area (Å²) >= 11 is 0. The molecule has 0 amide bonds. The Morgan fingerprint density at radius 1 is 0.826 bits per heavy atom. The van der Waals surface area contributed by atoms with E-state index in [-0.39, 0.29) is 0 Å². The summed E-state index contributed by atoms with van der Waals surface area (Å²) in [4.78, 5) is 0. The highest BCUT2D eigenvalue weighted by molar-refractivity contribution is 5.69. The molecule has 0 aliphatic rings. The molecule has 0 heterocycles. The molecule has 0 unspecified atom stereocenters. The molecule has 0 aliphatic carbocycles. The van der Waals surface area contributed by atoms with Gasteiger partial charge in [-0.2, -0.15) is 0 Å². The number of benzene rings is 3. The van der Waals surface area contributed by atoms with Gasteiger partial charge >= 0.3 is 0 Å². The first kappa shape index (κ1) is 15.3. The Morgan fingerprint density at radius 2 is 1.57 bits per heavy atom. The van der Waals surface area contributed by atoms with Crippen LogP contribution in [0.2, 0.25) is 0 Å². The quantitative estimate of drug-likeness (QED) is 0.741. The minimum atomic E-state index is 0.567. The Labute approximate surface area is 137 Å². The van der Waals surface area contributed by atoms with Crippen molar-refractivity contribution in [2.75, 3.05) is 0 Å². The van der Waals surface area contributed by atoms with E-state index in [1.165, 1.54) is 27.8 Å². The van der Waals surface area contributed by atoms with Crippen LogP contribution in [0, 0.1) is 6.92 Å². The normalized spacial score (nSPS) is 10.5. The van der Waals surface area contributed by atoms with Gasteiger partial charge < -0.3 is 10.5 Å². The molecule has 0 aromatic heterocycles. The van der Waals surface area contributed by atoms with Gasteiger partial charge in [0, 0.05) is 6.54 Å². The summed E-state index contributed by atoms with van der Waals surface area (Å²) in [6, 6.07) is 24.7. The van der Waals surface area contributed by atoms with Gasteiger partial charge in [0.05, 0.1) is 0 Å². The molecular weight excluding hydrogens is 282 g/mol. The molecule has 0 saturated heterocycles. The minimum Gasteiger partial charge on any atom is -0.489 e. The van der Waals surface area contributed by atoms with Gasteiger partial charge in [0.1, 0.15) is 12.4 Å². The highest BCUT2D eigenvalue weighted by atomic mass is 16.5. The Morgan fingerprint density at radius 3 is 2.26 bits per heavy atom. The Hall–Kier alpha value is -2.58. The van der Waals surface area contributed by atoms with E-state index in [0.717, 1.165) is 5.75 Å². The lowest BCUT2D eigenvalue weighted by Gasteiger charge is -2.11. The molecule has 23 heavy (non-hydrogen) atoms. The topological polar surface area (TPSA) is 35.2 Å². The van der Waals surface area contributed by atoms with Crippen LogP contribution in [0.4, 0.5) is 0 Å². The third kappa shape index (κ3) is 3.61. The minimum absolute atomic E-state index is 0.567. The molecule has 3 aromatic carbocycles. The van der Waals surface area contributed by atoms with E-state index >= 15 is 0 Å². The molecule has 3 rings (SSSR count). The fourth-order valence-electron chi connectivity index (χ4n) is 2.69. The molecule has 0 atom stereocenters. The van der Waals surface area contributed by atoms with Crippen LogP contribution in [0.15, 0.2) is 72.8 Å². The molecular formula is C21H21NO. The van der Waals surface area contributed by atoms with Crippen LogP contribution in [0.3, 0.4) is 0 Å². The number of rotatable bonds is 5. The van der Waals surface area contributed by atoms with Gasteiger partial charge in [0.15, 0.2) is 0 Å². The molecule has 3 aromatic rings. The number of nitrogens with two attached hydrogens (primary N) is 1. The smallest absolute Gasteiger partial charge is 0.119 e. The monoisotopic (exact) mass is 303 g/mol. The molecule has 2 N–H and O–H groups in total. The van der Waals surface area contributed by atoms with Crippen LogP contribution in [-0.4, -0.2) is 0 Å². The van der Waals surface area contributed by atoms with Crippen molar-refractivity contribution in [3.05, 3.63) is 89.5 Å². The van der Waals surface area contributed by atoms with Crippen molar-refractivity contribution in [1.29, 1.82) is 0 Å². The van der Waals surface area contributed by atoms with Crippen LogP contribution in [0.5, 0.6) is 5.75 Å². The van der Waals surface area contributed by atoms with Crippen molar-refractivity contribution in [3.63, 3.8) is 0 Å². The second-order valence-electron chi connectivity index (χ2n) is 5.59. The Balaban J connectivity index is 1.75. The van der Waals surface area contributed by atoms with Crippen molar-refractivity contribution in [2.24, 2.45) is 5.73 Å². The van der Waals surface area contributed by atoms with Gasteiger partial charge in [0.2, 0.25) is 0 Å². The van der Waals surface area contributed by atoms with E-state index in [1.807, 2.05) is 30.3 Å². The van der Waals surface area contributed by atoms with E-state index in [9.17, 15) is 0 Å². The molecule has 0 aliphatic heterocycles. The predicted octanol–water partition coefficient (Wildman–Crippen LogP) is 4.70. The van der Waals surface area contributed by atoms with Gasteiger partial charge in [0.25, 0.3) is 0 Å². The van der Waals surface area contributed by atoms with E-state index < -0.39 is 0 Å². The predicted molar refractivity (Wildman–Crippen MR) is 95.3 cm³/mol. The summed E-state index contributed by atoms with van der Waals surface area (Å²) < 4.78 is 5.84. The fraction of sp³-hybridized carbons (Fsp3) is 0.143. The van der Waals surface area contributed by atoms with Gasteiger partial charge in [-0.25, -0.2) is 0 Å². The molecule has 2 nitrogen and oxygen atoms in total. The first-order chi connectivity index (χ1) is 11.3. The van der Waals surface area contributed by atoms with Gasteiger partial charge in [-0.3, -0.25) is 0 Å².